The van der Waals surface area contributed by atoms with Crippen LogP contribution in [0.5, 0.6) is 0 Å². The van der Waals surface area contributed by atoms with Gasteiger partial charge in [0.15, 0.2) is 4.34 Å². The lowest BCUT2D eigenvalue weighted by Crippen LogP contribution is -2.29. The number of aromatic nitrogens is 2. The molecule has 1 aliphatic heterocycles. The van der Waals surface area contributed by atoms with Gasteiger partial charge in [-0.2, -0.15) is 0 Å². The second-order valence-electron chi connectivity index (χ2n) is 9.17. The molecule has 0 spiro atoms. The van der Waals surface area contributed by atoms with Gasteiger partial charge in [0, 0.05) is 15.8 Å². The number of halogens is 1. The highest BCUT2D eigenvalue weighted by Gasteiger charge is 2.48. The molecular weight excluding hydrogens is 582 g/mol. The van der Waals surface area contributed by atoms with Crippen molar-refractivity contribution in [2.24, 2.45) is 0 Å². The molecule has 1 aromatic heterocycles. The van der Waals surface area contributed by atoms with Gasteiger partial charge >= 0.3 is 5.91 Å². The summed E-state index contributed by atoms with van der Waals surface area (Å²) in [7, 11) is 0. The molecule has 0 bridgehead atoms. The molecular formula is C29H24BrN3O3S2. The zero-order valence-corrected chi connectivity index (χ0v) is 24.2. The molecule has 6 nitrogen and oxygen atoms in total. The van der Waals surface area contributed by atoms with E-state index in [1.165, 1.54) is 33.6 Å². The van der Waals surface area contributed by atoms with Crippen molar-refractivity contribution in [3.05, 3.63) is 110 Å². The standard InChI is InChI=1S/C29H24BrN3O3S2/c1-16-8-11-19(12-9-16)15-37-29-32-31-28(38-29)33-24(20-5-4-6-21(30)14-20)23(26(35)27(33)36)25(34)22-13-17(2)7-10-18(22)3/h4-14,24,34H,15H2,1-3H3. The van der Waals surface area contributed by atoms with E-state index in [2.05, 4.69) is 50.4 Å². The van der Waals surface area contributed by atoms with Crippen molar-refractivity contribution in [1.82, 2.24) is 10.2 Å². The van der Waals surface area contributed by atoms with Crippen LogP contribution in [0.1, 0.15) is 39.4 Å². The maximum absolute atomic E-state index is 13.4. The minimum Gasteiger partial charge on any atom is -0.507 e. The Labute approximate surface area is 237 Å². The predicted octanol–water partition coefficient (Wildman–Crippen LogP) is 7.14. The molecule has 1 N–H and O–H groups in total. The highest BCUT2D eigenvalue weighted by atomic mass is 79.9. The molecule has 3 aromatic carbocycles. The van der Waals surface area contributed by atoms with Crippen LogP contribution in [0.4, 0.5) is 5.13 Å². The van der Waals surface area contributed by atoms with Gasteiger partial charge in [0.25, 0.3) is 5.78 Å². The maximum atomic E-state index is 13.4. The van der Waals surface area contributed by atoms with Crippen molar-refractivity contribution in [3.63, 3.8) is 0 Å². The first-order chi connectivity index (χ1) is 18.2. The first kappa shape index (κ1) is 26.3. The number of aryl methyl sites for hydroxylation is 3. The Morgan fingerprint density at radius 1 is 1.00 bits per heavy atom. The normalized spacial score (nSPS) is 16.8. The molecule has 0 saturated carbocycles. The van der Waals surface area contributed by atoms with Crippen molar-refractivity contribution in [1.29, 1.82) is 0 Å². The second kappa shape index (κ2) is 10.8. The van der Waals surface area contributed by atoms with Gasteiger partial charge in [0.1, 0.15) is 5.76 Å². The Morgan fingerprint density at radius 3 is 2.47 bits per heavy atom. The first-order valence-electron chi connectivity index (χ1n) is 11.9. The van der Waals surface area contributed by atoms with E-state index in [1.807, 2.05) is 63.2 Å². The molecule has 1 saturated heterocycles. The summed E-state index contributed by atoms with van der Waals surface area (Å²) >= 11 is 6.27. The van der Waals surface area contributed by atoms with E-state index >= 15 is 0 Å². The van der Waals surface area contributed by atoms with Crippen molar-refractivity contribution >= 4 is 61.6 Å². The molecule has 4 aromatic rings. The fourth-order valence-corrected chi connectivity index (χ4v) is 6.59. The van der Waals surface area contributed by atoms with Crippen molar-refractivity contribution in [3.8, 4) is 0 Å². The Bertz CT molecular complexity index is 1580. The van der Waals surface area contributed by atoms with E-state index in [-0.39, 0.29) is 11.3 Å². The minimum atomic E-state index is -0.852. The van der Waals surface area contributed by atoms with Crippen LogP contribution in [0.25, 0.3) is 5.76 Å². The number of carbonyl (C=O) groups is 2. The van der Waals surface area contributed by atoms with E-state index in [9.17, 15) is 14.7 Å². The van der Waals surface area contributed by atoms with E-state index in [0.29, 0.717) is 26.4 Å². The molecule has 2 heterocycles. The summed E-state index contributed by atoms with van der Waals surface area (Å²) in [6, 6.07) is 20.4. The lowest BCUT2D eigenvalue weighted by Gasteiger charge is -2.23. The minimum absolute atomic E-state index is 0.0332. The van der Waals surface area contributed by atoms with E-state index in [4.69, 9.17) is 0 Å². The van der Waals surface area contributed by atoms with Gasteiger partial charge in [-0.3, -0.25) is 14.5 Å². The topological polar surface area (TPSA) is 83.4 Å². The molecule has 5 rings (SSSR count). The van der Waals surface area contributed by atoms with Crippen LogP contribution in [-0.2, 0) is 15.3 Å². The molecule has 1 fully saturated rings. The maximum Gasteiger partial charge on any atom is 0.301 e. The summed E-state index contributed by atoms with van der Waals surface area (Å²) in [5.41, 5.74) is 5.32. The molecule has 9 heteroatoms. The van der Waals surface area contributed by atoms with Crippen molar-refractivity contribution in [2.45, 2.75) is 36.9 Å². The summed E-state index contributed by atoms with van der Waals surface area (Å²) < 4.78 is 1.48. The highest BCUT2D eigenvalue weighted by molar-refractivity contribution is 9.10. The number of aliphatic hydroxyl groups excluding tert-OH is 1. The molecule has 1 unspecified atom stereocenters. The molecule has 192 valence electrons. The van der Waals surface area contributed by atoms with Crippen LogP contribution in [0.3, 0.4) is 0 Å². The van der Waals surface area contributed by atoms with E-state index in [1.54, 1.807) is 0 Å². The van der Waals surface area contributed by atoms with Gasteiger partial charge in [-0.1, -0.05) is 98.7 Å². The Kier molecular flexibility index (Phi) is 7.52. The van der Waals surface area contributed by atoms with E-state index in [0.717, 1.165) is 21.2 Å². The van der Waals surface area contributed by atoms with Gasteiger partial charge in [-0.15, -0.1) is 10.2 Å². The number of thioether (sulfide) groups is 1. The molecule has 0 radical (unpaired) electrons. The third kappa shape index (κ3) is 5.18. The summed E-state index contributed by atoms with van der Waals surface area (Å²) in [6.45, 7) is 5.82. The Balaban J connectivity index is 1.56. The smallest absolute Gasteiger partial charge is 0.301 e. The van der Waals surface area contributed by atoms with Crippen LogP contribution < -0.4 is 4.90 Å². The zero-order chi connectivity index (χ0) is 27.0. The number of ketones is 1. The number of hydrogen-bond acceptors (Lipinski definition) is 7. The number of nitrogens with zero attached hydrogens (tertiary/aromatic N) is 3. The number of amides is 1. The molecule has 1 atom stereocenters. The molecule has 38 heavy (non-hydrogen) atoms. The monoisotopic (exact) mass is 605 g/mol. The number of rotatable bonds is 6. The zero-order valence-electron chi connectivity index (χ0n) is 20.9. The van der Waals surface area contributed by atoms with Crippen molar-refractivity contribution in [2.75, 3.05) is 4.90 Å². The van der Waals surface area contributed by atoms with Crippen molar-refractivity contribution < 1.29 is 14.7 Å². The van der Waals surface area contributed by atoms with Gasteiger partial charge in [-0.25, -0.2) is 0 Å². The number of Topliss-reactive ketones (excluding diaryl/α,β-unsaturated/α-hetero) is 1. The van der Waals surface area contributed by atoms with Crippen LogP contribution in [-0.4, -0.2) is 27.0 Å². The van der Waals surface area contributed by atoms with Gasteiger partial charge in [-0.05, 0) is 55.7 Å². The fourth-order valence-electron chi connectivity index (χ4n) is 4.35. The largest absolute Gasteiger partial charge is 0.507 e. The number of carbonyl (C=O) groups excluding carboxylic acids is 2. The number of benzene rings is 3. The van der Waals surface area contributed by atoms with E-state index < -0.39 is 17.7 Å². The summed E-state index contributed by atoms with van der Waals surface area (Å²) in [5, 5.41) is 20.3. The Morgan fingerprint density at radius 2 is 1.74 bits per heavy atom. The molecule has 0 aliphatic carbocycles. The fraction of sp³-hybridized carbons (Fsp3) is 0.172. The van der Waals surface area contributed by atoms with Crippen LogP contribution in [0.2, 0.25) is 0 Å². The number of anilines is 1. The Hall–Kier alpha value is -3.27. The second-order valence-corrected chi connectivity index (χ2v) is 12.3. The molecule has 1 amide bonds. The summed E-state index contributed by atoms with van der Waals surface area (Å²) in [4.78, 5) is 28.2. The average molecular weight is 607 g/mol. The van der Waals surface area contributed by atoms with Crippen LogP contribution in [0.15, 0.2) is 81.1 Å². The quantitative estimate of drug-likeness (QED) is 0.0826. The SMILES string of the molecule is Cc1ccc(CSc2nnc(N3C(=O)C(=O)C(=C(O)c4cc(C)ccc4C)C3c3cccc(Br)c3)s2)cc1. The lowest BCUT2D eigenvalue weighted by molar-refractivity contribution is -0.132. The van der Waals surface area contributed by atoms with Crippen LogP contribution in [0, 0.1) is 20.8 Å². The summed E-state index contributed by atoms with van der Waals surface area (Å²) in [6.07, 6.45) is 0. The van der Waals surface area contributed by atoms with Gasteiger partial charge in [0.2, 0.25) is 5.13 Å². The average Bonchev–Trinajstić information content (AvgIpc) is 3.47. The third-order valence-corrected chi connectivity index (χ3v) is 8.96. The summed E-state index contributed by atoms with van der Waals surface area (Å²) in [5.74, 6) is -0.990. The van der Waals surface area contributed by atoms with Gasteiger partial charge < -0.3 is 5.11 Å². The predicted molar refractivity (Wildman–Crippen MR) is 155 cm³/mol. The highest BCUT2D eigenvalue weighted by Crippen LogP contribution is 2.44. The van der Waals surface area contributed by atoms with Gasteiger partial charge in [0.05, 0.1) is 11.6 Å². The van der Waals surface area contributed by atoms with Crippen LogP contribution >= 0.6 is 39.0 Å². The number of aliphatic hydroxyl groups is 1. The molecule has 1 aliphatic rings. The third-order valence-electron chi connectivity index (χ3n) is 6.34. The number of hydrogen-bond donors (Lipinski definition) is 1. The first-order valence-corrected chi connectivity index (χ1v) is 14.5. The lowest BCUT2D eigenvalue weighted by atomic mass is 9.93.